The summed E-state index contributed by atoms with van der Waals surface area (Å²) in [6.45, 7) is 11.0. The van der Waals surface area contributed by atoms with Crippen LogP contribution in [0.1, 0.15) is 20.8 Å². The number of hydrogen-bond acceptors (Lipinski definition) is 7. The number of ether oxygens (including phenoxy) is 2. The number of morpholine rings is 1. The van der Waals surface area contributed by atoms with E-state index in [0.717, 1.165) is 11.9 Å². The van der Waals surface area contributed by atoms with Gasteiger partial charge in [0.25, 0.3) is 5.91 Å². The van der Waals surface area contributed by atoms with Crippen molar-refractivity contribution in [3.05, 3.63) is 35.9 Å². The van der Waals surface area contributed by atoms with Gasteiger partial charge in [0.05, 0.1) is 20.3 Å². The molecule has 0 spiro atoms. The molecule has 0 aromatic carbocycles. The standard InChI is InChI=1S/C18H27N4O4P/c1-13(2)6-7-21-14(16(23)20-8-9-26-10-15(20)19-21)11-27-12-22(27)18(3,4)17(24)25-5/h6-7,11,15,19H,1,8-10,12H2,2-5H3/b7-6-,14-11+/t15-,22?,27?/m0/s1. The molecular formula is C18H27N4O4P. The molecule has 0 saturated carbocycles. The SMILES string of the molecule is C=C(C)/C=C\N1N[C@@H]2COCCN2C(=O)/C1=C\P1CN1C(C)(C)C(=O)OC. The van der Waals surface area contributed by atoms with E-state index in [-0.39, 0.29) is 18.0 Å². The molecule has 0 aliphatic carbocycles. The number of carbonyl (C=O) groups excluding carboxylic acids is 2. The van der Waals surface area contributed by atoms with E-state index in [2.05, 4.69) is 16.7 Å². The van der Waals surface area contributed by atoms with Crippen molar-refractivity contribution in [2.75, 3.05) is 33.2 Å². The van der Waals surface area contributed by atoms with Gasteiger partial charge in [-0.2, -0.15) is 0 Å². The maximum Gasteiger partial charge on any atom is 0.326 e. The van der Waals surface area contributed by atoms with E-state index >= 15 is 0 Å². The van der Waals surface area contributed by atoms with Gasteiger partial charge in [-0.25, -0.2) is 5.43 Å². The van der Waals surface area contributed by atoms with Crippen LogP contribution in [-0.2, 0) is 19.1 Å². The van der Waals surface area contributed by atoms with Gasteiger partial charge in [0.15, 0.2) is 0 Å². The van der Waals surface area contributed by atoms with Crippen LogP contribution in [0.25, 0.3) is 0 Å². The van der Waals surface area contributed by atoms with Crippen molar-refractivity contribution < 1.29 is 19.1 Å². The van der Waals surface area contributed by atoms with Crippen molar-refractivity contribution in [2.24, 2.45) is 0 Å². The Morgan fingerprint density at radius 1 is 1.48 bits per heavy atom. The molecule has 3 heterocycles. The van der Waals surface area contributed by atoms with Crippen LogP contribution in [0, 0.1) is 0 Å². The van der Waals surface area contributed by atoms with Crippen molar-refractivity contribution in [3.63, 3.8) is 0 Å². The van der Waals surface area contributed by atoms with Crippen LogP contribution in [0.3, 0.4) is 0 Å². The topological polar surface area (TPSA) is 74.1 Å². The number of fused-ring (bicyclic) bond motifs is 1. The monoisotopic (exact) mass is 394 g/mol. The summed E-state index contributed by atoms with van der Waals surface area (Å²) in [6, 6.07) is 0. The maximum atomic E-state index is 13.1. The van der Waals surface area contributed by atoms with Gasteiger partial charge in [0.2, 0.25) is 0 Å². The number of rotatable bonds is 5. The fourth-order valence-electron chi connectivity index (χ4n) is 3.09. The molecule has 3 saturated heterocycles. The van der Waals surface area contributed by atoms with E-state index in [1.54, 1.807) is 9.91 Å². The lowest BCUT2D eigenvalue weighted by Gasteiger charge is -2.44. The summed E-state index contributed by atoms with van der Waals surface area (Å²) < 4.78 is 12.5. The van der Waals surface area contributed by atoms with Crippen molar-refractivity contribution in [3.8, 4) is 0 Å². The number of nitrogens with one attached hydrogen (secondary N) is 1. The van der Waals surface area contributed by atoms with Crippen molar-refractivity contribution >= 4 is 19.9 Å². The van der Waals surface area contributed by atoms with Crippen LogP contribution in [0.5, 0.6) is 0 Å². The highest BCUT2D eigenvalue weighted by molar-refractivity contribution is 7.65. The maximum absolute atomic E-state index is 13.1. The lowest BCUT2D eigenvalue weighted by Crippen LogP contribution is -2.64. The third-order valence-electron chi connectivity index (χ3n) is 4.77. The highest BCUT2D eigenvalue weighted by atomic mass is 31.1. The van der Waals surface area contributed by atoms with Crippen LogP contribution >= 0.6 is 8.07 Å². The molecule has 3 aliphatic rings. The van der Waals surface area contributed by atoms with Gasteiger partial charge in [-0.1, -0.05) is 12.2 Å². The number of esters is 1. The second-order valence-electron chi connectivity index (χ2n) is 7.30. The van der Waals surface area contributed by atoms with E-state index in [0.29, 0.717) is 25.5 Å². The normalized spacial score (nSPS) is 29.9. The number of nitrogens with zero attached hydrogens (tertiary/aromatic N) is 3. The van der Waals surface area contributed by atoms with E-state index in [1.807, 2.05) is 38.9 Å². The molecule has 3 fully saturated rings. The van der Waals surface area contributed by atoms with Gasteiger partial charge in [0, 0.05) is 27.1 Å². The molecule has 8 nitrogen and oxygen atoms in total. The van der Waals surface area contributed by atoms with Gasteiger partial charge in [-0.15, -0.1) is 0 Å². The third-order valence-corrected chi connectivity index (χ3v) is 6.82. The van der Waals surface area contributed by atoms with Crippen LogP contribution in [0.4, 0.5) is 0 Å². The van der Waals surface area contributed by atoms with Gasteiger partial charge in [0.1, 0.15) is 17.4 Å². The lowest BCUT2D eigenvalue weighted by molar-refractivity contribution is -0.149. The zero-order chi connectivity index (χ0) is 19.8. The molecule has 148 valence electrons. The van der Waals surface area contributed by atoms with E-state index in [1.165, 1.54) is 7.11 Å². The molecular weight excluding hydrogens is 367 g/mol. The van der Waals surface area contributed by atoms with Gasteiger partial charge in [-0.3, -0.25) is 19.3 Å². The third kappa shape index (κ3) is 4.09. The van der Waals surface area contributed by atoms with Crippen molar-refractivity contribution in [1.29, 1.82) is 0 Å². The number of hydrazine groups is 1. The molecule has 27 heavy (non-hydrogen) atoms. The average molecular weight is 394 g/mol. The number of methoxy groups -OCH3 is 1. The first-order valence-electron chi connectivity index (χ1n) is 8.88. The highest BCUT2D eigenvalue weighted by Gasteiger charge is 2.50. The summed E-state index contributed by atoms with van der Waals surface area (Å²) in [4.78, 5) is 26.9. The zero-order valence-electron chi connectivity index (χ0n) is 16.3. The number of hydrogen-bond donors (Lipinski definition) is 1. The smallest absolute Gasteiger partial charge is 0.326 e. The van der Waals surface area contributed by atoms with Crippen LogP contribution in [0.2, 0.25) is 0 Å². The summed E-state index contributed by atoms with van der Waals surface area (Å²) in [5.41, 5.74) is 4.08. The Balaban J connectivity index is 1.83. The molecule has 1 N–H and O–H groups in total. The lowest BCUT2D eigenvalue weighted by atomic mass is 10.1. The van der Waals surface area contributed by atoms with Gasteiger partial charge >= 0.3 is 5.97 Å². The van der Waals surface area contributed by atoms with Crippen LogP contribution in [-0.4, -0.2) is 71.3 Å². The number of allylic oxidation sites excluding steroid dienone is 2. The Kier molecular flexibility index (Phi) is 5.72. The molecule has 0 radical (unpaired) electrons. The van der Waals surface area contributed by atoms with Gasteiger partial charge < -0.3 is 14.4 Å². The Morgan fingerprint density at radius 3 is 2.89 bits per heavy atom. The fourth-order valence-corrected chi connectivity index (χ4v) is 5.34. The summed E-state index contributed by atoms with van der Waals surface area (Å²) in [6.07, 6.45) is 4.24. The molecule has 0 aromatic rings. The fraction of sp³-hybridized carbons (Fsp3) is 0.556. The first kappa shape index (κ1) is 20.0. The summed E-state index contributed by atoms with van der Waals surface area (Å²) in [7, 11) is 0.681. The Hall–Kier alpha value is -1.73. The van der Waals surface area contributed by atoms with E-state index in [4.69, 9.17) is 9.47 Å². The predicted molar refractivity (Wildman–Crippen MR) is 103 cm³/mol. The second-order valence-corrected chi connectivity index (χ2v) is 9.20. The minimum atomic E-state index is -0.713. The largest absolute Gasteiger partial charge is 0.468 e. The summed E-state index contributed by atoms with van der Waals surface area (Å²) in [5.74, 6) is 1.67. The zero-order valence-corrected chi connectivity index (χ0v) is 17.2. The molecule has 1 amide bonds. The van der Waals surface area contributed by atoms with Crippen molar-refractivity contribution in [1.82, 2.24) is 20.0 Å². The Morgan fingerprint density at radius 2 is 2.22 bits per heavy atom. The van der Waals surface area contributed by atoms with E-state index < -0.39 is 13.6 Å². The molecule has 3 aliphatic heterocycles. The minimum Gasteiger partial charge on any atom is -0.468 e. The number of carbonyl (C=O) groups is 2. The summed E-state index contributed by atoms with van der Waals surface area (Å²) >= 11 is 0. The summed E-state index contributed by atoms with van der Waals surface area (Å²) in [5, 5.41) is 1.75. The predicted octanol–water partition coefficient (Wildman–Crippen LogP) is 1.54. The average Bonchev–Trinajstić information content (AvgIpc) is 3.42. The van der Waals surface area contributed by atoms with Gasteiger partial charge in [-0.05, 0) is 32.7 Å². The minimum absolute atomic E-state index is 0.0290. The highest BCUT2D eigenvalue weighted by Crippen LogP contribution is 2.63. The number of amides is 1. The molecule has 0 aromatic heterocycles. The van der Waals surface area contributed by atoms with Crippen LogP contribution < -0.4 is 5.43 Å². The first-order chi connectivity index (χ1) is 12.8. The molecule has 2 unspecified atom stereocenters. The molecule has 3 rings (SSSR count). The first-order valence-corrected chi connectivity index (χ1v) is 10.4. The molecule has 3 atom stereocenters. The quantitative estimate of drug-likeness (QED) is 0.249. The Bertz CT molecular complexity index is 705. The molecule has 0 bridgehead atoms. The Labute approximate surface area is 161 Å². The van der Waals surface area contributed by atoms with Crippen LogP contribution in [0.15, 0.2) is 35.9 Å². The molecule has 9 heteroatoms. The van der Waals surface area contributed by atoms with Crippen molar-refractivity contribution in [2.45, 2.75) is 32.5 Å². The second kappa shape index (κ2) is 7.72. The van der Waals surface area contributed by atoms with E-state index in [9.17, 15) is 9.59 Å².